The fraction of sp³-hybridized carbons (Fsp3) is 0.235. The Morgan fingerprint density at radius 1 is 1.00 bits per heavy atom. The molecule has 0 aliphatic carbocycles. The van der Waals surface area contributed by atoms with Crippen molar-refractivity contribution in [3.63, 3.8) is 0 Å². The minimum Gasteiger partial charge on any atom is -1.00 e. The monoisotopic (exact) mass is 394 g/mol. The van der Waals surface area contributed by atoms with Crippen molar-refractivity contribution in [3.05, 3.63) is 71.3 Å². The lowest BCUT2D eigenvalue weighted by atomic mass is 9.96. The lowest BCUT2D eigenvalue weighted by Gasteiger charge is -2.38. The molecule has 3 rings (SSSR count). The van der Waals surface area contributed by atoms with Gasteiger partial charge in [-0.2, -0.15) is 0 Å². The molecule has 1 atom stereocenters. The molecule has 110 valence electrons. The molecule has 0 saturated carbocycles. The molecule has 21 heavy (non-hydrogen) atoms. The van der Waals surface area contributed by atoms with Gasteiger partial charge in [-0.1, -0.05) is 59.8 Å². The highest BCUT2D eigenvalue weighted by Gasteiger charge is 2.32. The lowest BCUT2D eigenvalue weighted by Crippen LogP contribution is -3.00. The fourth-order valence-electron chi connectivity index (χ4n) is 3.08. The minimum atomic E-state index is 0. The van der Waals surface area contributed by atoms with Crippen molar-refractivity contribution in [1.82, 2.24) is 0 Å². The van der Waals surface area contributed by atoms with Crippen molar-refractivity contribution in [3.8, 4) is 0 Å². The van der Waals surface area contributed by atoms with Gasteiger partial charge < -0.3 is 33.7 Å². The van der Waals surface area contributed by atoms with Crippen LogP contribution in [-0.4, -0.2) is 29.0 Å². The first-order valence-electron chi connectivity index (χ1n) is 6.87. The number of rotatable bonds is 2. The molecule has 0 aromatic heterocycles. The predicted octanol–water partition coefficient (Wildman–Crippen LogP) is 0.0293. The van der Waals surface area contributed by atoms with Crippen LogP contribution in [0.4, 0.5) is 0 Å². The molecule has 2 aromatic carbocycles. The Morgan fingerprint density at radius 2 is 1.67 bits per heavy atom. The summed E-state index contributed by atoms with van der Waals surface area (Å²) in [6.45, 7) is 2.65. The largest absolute Gasteiger partial charge is 1.00 e. The summed E-state index contributed by atoms with van der Waals surface area (Å²) in [6, 6.07) is 18.7. The summed E-state index contributed by atoms with van der Waals surface area (Å²) in [5.41, 5.74) is 4.43. The highest BCUT2D eigenvalue weighted by Crippen LogP contribution is 2.26. The number of likely N-dealkylation sites (N-methyl/N-ethyl adjacent to an activating group) is 1. The van der Waals surface area contributed by atoms with Crippen LogP contribution in [0.2, 0.25) is 0 Å². The maximum Gasteiger partial charge on any atom is 0.141 e. The molecule has 0 fully saturated rings. The summed E-state index contributed by atoms with van der Waals surface area (Å²) >= 11 is 0. The highest BCUT2D eigenvalue weighted by molar-refractivity contribution is 6.02. The van der Waals surface area contributed by atoms with Crippen molar-refractivity contribution in [2.45, 2.75) is 13.1 Å². The molecular formula is C17H19IN2O. The average Bonchev–Trinajstić information content (AvgIpc) is 2.47. The maximum atomic E-state index is 9.31. The number of benzene rings is 2. The van der Waals surface area contributed by atoms with E-state index in [9.17, 15) is 5.21 Å². The minimum absolute atomic E-state index is 0. The average molecular weight is 394 g/mol. The van der Waals surface area contributed by atoms with E-state index < -0.39 is 0 Å². The molecule has 1 unspecified atom stereocenters. The third kappa shape index (κ3) is 3.44. The predicted molar refractivity (Wildman–Crippen MR) is 79.7 cm³/mol. The van der Waals surface area contributed by atoms with E-state index in [1.54, 1.807) is 0 Å². The van der Waals surface area contributed by atoms with E-state index in [4.69, 9.17) is 0 Å². The number of fused-ring (bicyclic) bond motifs is 1. The van der Waals surface area contributed by atoms with Crippen molar-refractivity contribution >= 4 is 5.71 Å². The van der Waals surface area contributed by atoms with Crippen LogP contribution in [-0.2, 0) is 13.1 Å². The normalized spacial score (nSPS) is 22.4. The molecule has 1 aliphatic heterocycles. The van der Waals surface area contributed by atoms with Crippen LogP contribution in [0.3, 0.4) is 0 Å². The molecule has 2 aromatic rings. The molecule has 4 heteroatoms. The van der Waals surface area contributed by atoms with Crippen LogP contribution in [0.25, 0.3) is 0 Å². The molecule has 0 amide bonds. The summed E-state index contributed by atoms with van der Waals surface area (Å²) in [5.74, 6) is 0. The number of hydrogen-bond donors (Lipinski definition) is 1. The fourth-order valence-corrected chi connectivity index (χ4v) is 3.08. The van der Waals surface area contributed by atoms with Crippen LogP contribution >= 0.6 is 0 Å². The molecule has 1 heterocycles. The van der Waals surface area contributed by atoms with Crippen LogP contribution in [0.15, 0.2) is 59.8 Å². The van der Waals surface area contributed by atoms with Gasteiger partial charge in [-0.15, -0.1) is 0 Å². The third-order valence-corrected chi connectivity index (χ3v) is 3.94. The second kappa shape index (κ2) is 6.58. The van der Waals surface area contributed by atoms with Gasteiger partial charge in [-0.25, -0.2) is 0 Å². The van der Waals surface area contributed by atoms with E-state index in [2.05, 4.69) is 42.5 Å². The molecule has 1 aliphatic rings. The first kappa shape index (κ1) is 16.0. The highest BCUT2D eigenvalue weighted by atomic mass is 127. The molecule has 0 radical (unpaired) electrons. The van der Waals surface area contributed by atoms with Gasteiger partial charge in [0.2, 0.25) is 0 Å². The van der Waals surface area contributed by atoms with Crippen LogP contribution in [0.5, 0.6) is 0 Å². The van der Waals surface area contributed by atoms with E-state index in [1.807, 2.05) is 24.3 Å². The SMILES string of the molecule is C[N+]1(Cc2ccccc2)C/C(=N/O)c2ccccc2C1.[I-]. The van der Waals surface area contributed by atoms with E-state index in [0.717, 1.165) is 35.4 Å². The molecular weight excluding hydrogens is 375 g/mol. The topological polar surface area (TPSA) is 32.6 Å². The standard InChI is InChI=1S/C17H18N2O.HI/c1-19(11-14-7-3-2-4-8-14)12-15-9-5-6-10-16(15)17(13-19)18-20;/h2-10H,11-13H2,1H3;1H/b18-17-;. The van der Waals surface area contributed by atoms with Crippen LogP contribution in [0, 0.1) is 0 Å². The summed E-state index contributed by atoms with van der Waals surface area (Å²) in [5, 5.41) is 12.8. The zero-order valence-corrected chi connectivity index (χ0v) is 14.2. The number of hydrogen-bond acceptors (Lipinski definition) is 2. The Morgan fingerprint density at radius 3 is 2.38 bits per heavy atom. The van der Waals surface area contributed by atoms with Gasteiger partial charge in [0, 0.05) is 16.7 Å². The zero-order chi connectivity index (χ0) is 14.0. The zero-order valence-electron chi connectivity index (χ0n) is 12.0. The maximum absolute atomic E-state index is 9.31. The summed E-state index contributed by atoms with van der Waals surface area (Å²) in [4.78, 5) is 0. The third-order valence-electron chi connectivity index (χ3n) is 3.94. The number of quaternary nitrogens is 1. The summed E-state index contributed by atoms with van der Waals surface area (Å²) < 4.78 is 0.834. The van der Waals surface area contributed by atoms with E-state index >= 15 is 0 Å². The second-order valence-corrected chi connectivity index (χ2v) is 5.78. The van der Waals surface area contributed by atoms with Crippen LogP contribution < -0.4 is 24.0 Å². The number of nitrogens with zero attached hydrogens (tertiary/aromatic N) is 2. The first-order valence-corrected chi connectivity index (χ1v) is 6.87. The summed E-state index contributed by atoms with van der Waals surface area (Å²) in [6.07, 6.45) is 0. The van der Waals surface area contributed by atoms with Gasteiger partial charge in [0.15, 0.2) is 0 Å². The van der Waals surface area contributed by atoms with Gasteiger partial charge >= 0.3 is 0 Å². The second-order valence-electron chi connectivity index (χ2n) is 5.78. The number of halogens is 1. The van der Waals surface area contributed by atoms with Gasteiger partial charge in [0.1, 0.15) is 25.3 Å². The number of oxime groups is 1. The Balaban J connectivity index is 0.00000161. The van der Waals surface area contributed by atoms with Crippen LogP contribution in [0.1, 0.15) is 16.7 Å². The molecule has 0 spiro atoms. The van der Waals surface area contributed by atoms with E-state index in [-0.39, 0.29) is 24.0 Å². The van der Waals surface area contributed by atoms with Gasteiger partial charge in [-0.3, -0.25) is 0 Å². The van der Waals surface area contributed by atoms with Crippen molar-refractivity contribution in [1.29, 1.82) is 0 Å². The quantitative estimate of drug-likeness (QED) is 0.332. The van der Waals surface area contributed by atoms with Crippen molar-refractivity contribution in [2.24, 2.45) is 5.16 Å². The van der Waals surface area contributed by atoms with E-state index in [0.29, 0.717) is 0 Å². The first-order chi connectivity index (χ1) is 9.70. The molecule has 1 N–H and O–H groups in total. The van der Waals surface area contributed by atoms with Crippen molar-refractivity contribution < 1.29 is 33.7 Å². The molecule has 0 bridgehead atoms. The van der Waals surface area contributed by atoms with Gasteiger partial charge in [0.05, 0.1) is 7.05 Å². The smallest absolute Gasteiger partial charge is 0.141 e. The summed E-state index contributed by atoms with van der Waals surface area (Å²) in [7, 11) is 2.22. The lowest BCUT2D eigenvalue weighted by molar-refractivity contribution is -0.928. The molecule has 3 nitrogen and oxygen atoms in total. The van der Waals surface area contributed by atoms with Gasteiger partial charge in [-0.05, 0) is 0 Å². The van der Waals surface area contributed by atoms with Crippen molar-refractivity contribution in [2.75, 3.05) is 13.6 Å². The Bertz CT molecular complexity index is 642. The Kier molecular flexibility index (Phi) is 5.00. The Hall–Kier alpha value is -1.40. The Labute approximate surface area is 142 Å². The van der Waals surface area contributed by atoms with E-state index in [1.165, 1.54) is 11.1 Å². The van der Waals surface area contributed by atoms with Gasteiger partial charge in [0.25, 0.3) is 0 Å². The molecule has 0 saturated heterocycles.